The molecule has 0 aromatic heterocycles. The van der Waals surface area contributed by atoms with Gasteiger partial charge in [0.2, 0.25) is 0 Å². The van der Waals surface area contributed by atoms with Crippen LogP contribution in [0.5, 0.6) is 0 Å². The van der Waals surface area contributed by atoms with Gasteiger partial charge in [0, 0.05) is 6.04 Å². The maximum atomic E-state index is 11.4. The maximum Gasteiger partial charge on any atom is 0.150 e. The molecule has 1 aliphatic heterocycles. The molecule has 0 spiro atoms. The van der Waals surface area contributed by atoms with Crippen molar-refractivity contribution >= 4 is 9.84 Å². The van der Waals surface area contributed by atoms with Crippen LogP contribution in [-0.4, -0.2) is 32.5 Å². The van der Waals surface area contributed by atoms with Gasteiger partial charge in [-0.1, -0.05) is 26.7 Å². The summed E-state index contributed by atoms with van der Waals surface area (Å²) in [5.74, 6) is 2.67. The van der Waals surface area contributed by atoms with Crippen molar-refractivity contribution in [1.29, 1.82) is 0 Å². The Morgan fingerprint density at radius 3 is 2.59 bits per heavy atom. The lowest BCUT2D eigenvalue weighted by Crippen LogP contribution is -2.42. The van der Waals surface area contributed by atoms with Gasteiger partial charge in [0.05, 0.1) is 11.5 Å². The Kier molecular flexibility index (Phi) is 4.14. The number of hydrogen-bond donors (Lipinski definition) is 1. The Bertz CT molecular complexity index is 352. The fraction of sp³-hybridized carbons (Fsp3) is 1.00. The van der Waals surface area contributed by atoms with E-state index >= 15 is 0 Å². The molecular formula is C13H25NO2S. The molecule has 1 N–H and O–H groups in total. The molecule has 0 bridgehead atoms. The van der Waals surface area contributed by atoms with Gasteiger partial charge in [-0.2, -0.15) is 0 Å². The van der Waals surface area contributed by atoms with Crippen molar-refractivity contribution in [2.24, 2.45) is 17.8 Å². The van der Waals surface area contributed by atoms with Crippen LogP contribution in [0.1, 0.15) is 39.5 Å². The minimum atomic E-state index is -2.71. The van der Waals surface area contributed by atoms with E-state index in [1.807, 2.05) is 0 Å². The van der Waals surface area contributed by atoms with Gasteiger partial charge in [-0.3, -0.25) is 0 Å². The Labute approximate surface area is 105 Å². The molecule has 100 valence electrons. The zero-order valence-corrected chi connectivity index (χ0v) is 11.8. The van der Waals surface area contributed by atoms with Crippen LogP contribution in [0.2, 0.25) is 0 Å². The fourth-order valence-electron chi connectivity index (χ4n) is 3.22. The molecule has 1 aliphatic carbocycles. The molecule has 1 heterocycles. The van der Waals surface area contributed by atoms with Crippen LogP contribution in [-0.2, 0) is 9.84 Å². The summed E-state index contributed by atoms with van der Waals surface area (Å²) in [6.45, 7) is 5.55. The highest BCUT2D eigenvalue weighted by molar-refractivity contribution is 7.91. The van der Waals surface area contributed by atoms with Crippen LogP contribution < -0.4 is 5.32 Å². The number of rotatable bonds is 3. The molecule has 4 unspecified atom stereocenters. The van der Waals surface area contributed by atoms with Crippen molar-refractivity contribution in [3.05, 3.63) is 0 Å². The smallest absolute Gasteiger partial charge is 0.150 e. The highest BCUT2D eigenvalue weighted by atomic mass is 32.2. The zero-order chi connectivity index (χ0) is 12.5. The lowest BCUT2D eigenvalue weighted by molar-refractivity contribution is 0.202. The summed E-state index contributed by atoms with van der Waals surface area (Å²) in [4.78, 5) is 0. The summed E-state index contributed by atoms with van der Waals surface area (Å²) in [6.07, 6.45) is 4.76. The van der Waals surface area contributed by atoms with Gasteiger partial charge in [0.25, 0.3) is 0 Å². The second-order valence-electron chi connectivity index (χ2n) is 6.05. The average Bonchev–Trinajstić information content (AvgIpc) is 2.61. The van der Waals surface area contributed by atoms with Gasteiger partial charge in [-0.25, -0.2) is 8.42 Å². The van der Waals surface area contributed by atoms with Crippen molar-refractivity contribution in [1.82, 2.24) is 5.32 Å². The second-order valence-corrected chi connectivity index (χ2v) is 8.28. The molecule has 2 aliphatic rings. The third kappa shape index (κ3) is 3.44. The van der Waals surface area contributed by atoms with Gasteiger partial charge in [0.1, 0.15) is 0 Å². The molecule has 4 atom stereocenters. The van der Waals surface area contributed by atoms with E-state index < -0.39 is 9.84 Å². The first-order valence-corrected chi connectivity index (χ1v) is 8.74. The van der Waals surface area contributed by atoms with Crippen LogP contribution in [0.4, 0.5) is 0 Å². The van der Waals surface area contributed by atoms with E-state index in [2.05, 4.69) is 19.2 Å². The van der Waals surface area contributed by atoms with Crippen molar-refractivity contribution in [2.75, 3.05) is 18.1 Å². The summed E-state index contributed by atoms with van der Waals surface area (Å²) in [5, 5.41) is 3.62. The summed E-state index contributed by atoms with van der Waals surface area (Å²) in [7, 11) is -2.71. The van der Waals surface area contributed by atoms with Gasteiger partial charge >= 0.3 is 0 Å². The summed E-state index contributed by atoms with van der Waals surface area (Å²) < 4.78 is 22.8. The van der Waals surface area contributed by atoms with E-state index in [0.29, 0.717) is 23.5 Å². The maximum absolute atomic E-state index is 11.4. The quantitative estimate of drug-likeness (QED) is 0.841. The molecule has 0 radical (unpaired) electrons. The lowest BCUT2D eigenvalue weighted by Gasteiger charge is -2.35. The van der Waals surface area contributed by atoms with Crippen LogP contribution in [0.25, 0.3) is 0 Å². The SMILES string of the molecule is CC1CCCC(NCC2CCS(=O)(=O)C2)C1C. The first kappa shape index (κ1) is 13.3. The molecule has 1 saturated carbocycles. The zero-order valence-electron chi connectivity index (χ0n) is 11.0. The molecule has 2 rings (SSSR count). The van der Waals surface area contributed by atoms with Gasteiger partial charge in [-0.15, -0.1) is 0 Å². The third-order valence-electron chi connectivity index (χ3n) is 4.70. The van der Waals surface area contributed by atoms with E-state index in [0.717, 1.165) is 24.8 Å². The Morgan fingerprint density at radius 2 is 1.94 bits per heavy atom. The normalized spacial score (nSPS) is 41.5. The first-order chi connectivity index (χ1) is 7.98. The van der Waals surface area contributed by atoms with Crippen LogP contribution in [0, 0.1) is 17.8 Å². The van der Waals surface area contributed by atoms with Gasteiger partial charge < -0.3 is 5.32 Å². The van der Waals surface area contributed by atoms with E-state index in [1.54, 1.807) is 0 Å². The van der Waals surface area contributed by atoms with Crippen LogP contribution >= 0.6 is 0 Å². The van der Waals surface area contributed by atoms with E-state index in [9.17, 15) is 8.42 Å². The molecular weight excluding hydrogens is 234 g/mol. The largest absolute Gasteiger partial charge is 0.313 e. The first-order valence-electron chi connectivity index (χ1n) is 6.92. The predicted molar refractivity (Wildman–Crippen MR) is 70.7 cm³/mol. The third-order valence-corrected chi connectivity index (χ3v) is 6.54. The molecule has 2 fully saturated rings. The number of sulfone groups is 1. The van der Waals surface area contributed by atoms with Gasteiger partial charge in [0.15, 0.2) is 9.84 Å². The number of hydrogen-bond acceptors (Lipinski definition) is 3. The van der Waals surface area contributed by atoms with E-state index in [4.69, 9.17) is 0 Å². The van der Waals surface area contributed by atoms with Crippen molar-refractivity contribution in [3.8, 4) is 0 Å². The summed E-state index contributed by atoms with van der Waals surface area (Å²) >= 11 is 0. The monoisotopic (exact) mass is 259 g/mol. The Morgan fingerprint density at radius 1 is 1.18 bits per heavy atom. The molecule has 17 heavy (non-hydrogen) atoms. The average molecular weight is 259 g/mol. The van der Waals surface area contributed by atoms with Gasteiger partial charge in [-0.05, 0) is 37.1 Å². The van der Waals surface area contributed by atoms with Crippen molar-refractivity contribution in [3.63, 3.8) is 0 Å². The predicted octanol–water partition coefficient (Wildman–Crippen LogP) is 1.84. The highest BCUT2D eigenvalue weighted by Crippen LogP contribution is 2.29. The summed E-state index contributed by atoms with van der Waals surface area (Å²) in [5.41, 5.74) is 0. The molecule has 0 aromatic carbocycles. The van der Waals surface area contributed by atoms with E-state index in [1.165, 1.54) is 19.3 Å². The fourth-order valence-corrected chi connectivity index (χ4v) is 5.08. The molecule has 3 nitrogen and oxygen atoms in total. The highest BCUT2D eigenvalue weighted by Gasteiger charge is 2.30. The minimum Gasteiger partial charge on any atom is -0.313 e. The van der Waals surface area contributed by atoms with Crippen LogP contribution in [0.3, 0.4) is 0 Å². The Hall–Kier alpha value is -0.0900. The topological polar surface area (TPSA) is 46.2 Å². The standard InChI is InChI=1S/C13H25NO2S/c1-10-4-3-5-13(11(10)2)14-8-12-6-7-17(15,16)9-12/h10-14H,3-9H2,1-2H3. The molecule has 1 saturated heterocycles. The number of nitrogens with one attached hydrogen (secondary N) is 1. The molecule has 4 heteroatoms. The van der Waals surface area contributed by atoms with E-state index in [-0.39, 0.29) is 0 Å². The summed E-state index contributed by atoms with van der Waals surface area (Å²) in [6, 6.07) is 0.599. The Balaban J connectivity index is 1.78. The van der Waals surface area contributed by atoms with Crippen molar-refractivity contribution < 1.29 is 8.42 Å². The lowest BCUT2D eigenvalue weighted by atomic mass is 9.78. The molecule has 0 amide bonds. The van der Waals surface area contributed by atoms with Crippen LogP contribution in [0.15, 0.2) is 0 Å². The second kappa shape index (κ2) is 5.27. The van der Waals surface area contributed by atoms with Crippen molar-refractivity contribution in [2.45, 2.75) is 45.6 Å². The molecule has 0 aromatic rings. The minimum absolute atomic E-state index is 0.351.